The third-order valence-corrected chi connectivity index (χ3v) is 4.39. The lowest BCUT2D eigenvalue weighted by atomic mass is 10.0. The minimum Gasteiger partial charge on any atom is -0.383 e. The number of aromatic nitrogens is 1. The van der Waals surface area contributed by atoms with Crippen LogP contribution in [0.1, 0.15) is 30.9 Å². The highest BCUT2D eigenvalue weighted by atomic mass is 16.3. The Morgan fingerprint density at radius 1 is 1.33 bits per heavy atom. The summed E-state index contributed by atoms with van der Waals surface area (Å²) in [5.41, 5.74) is 15.0. The quantitative estimate of drug-likeness (QED) is 0.586. The van der Waals surface area contributed by atoms with Crippen LogP contribution in [0.25, 0.3) is 10.9 Å². The second-order valence-electron chi connectivity index (χ2n) is 6.53. The van der Waals surface area contributed by atoms with E-state index in [9.17, 15) is 5.11 Å². The summed E-state index contributed by atoms with van der Waals surface area (Å²) in [7, 11) is 0. The Morgan fingerprint density at radius 2 is 2.04 bits per heavy atom. The third-order valence-electron chi connectivity index (χ3n) is 4.39. The number of anilines is 1. The van der Waals surface area contributed by atoms with E-state index in [2.05, 4.69) is 22.0 Å². The van der Waals surface area contributed by atoms with Gasteiger partial charge in [0, 0.05) is 24.5 Å². The summed E-state index contributed by atoms with van der Waals surface area (Å²) < 4.78 is 0. The Morgan fingerprint density at radius 3 is 2.71 bits per heavy atom. The molecule has 3 rings (SSSR count). The van der Waals surface area contributed by atoms with Crippen molar-refractivity contribution in [3.63, 3.8) is 0 Å². The van der Waals surface area contributed by atoms with E-state index in [1.165, 1.54) is 0 Å². The zero-order chi connectivity index (χ0) is 17.3. The monoisotopic (exact) mass is 327 g/mol. The summed E-state index contributed by atoms with van der Waals surface area (Å²) in [6, 6.07) is 8.42. The van der Waals surface area contributed by atoms with E-state index >= 15 is 0 Å². The normalized spacial score (nSPS) is 18.2. The van der Waals surface area contributed by atoms with Gasteiger partial charge in [-0.1, -0.05) is 11.6 Å². The van der Waals surface area contributed by atoms with Crippen LogP contribution >= 0.6 is 0 Å². The number of pyridine rings is 1. The lowest BCUT2D eigenvalue weighted by Gasteiger charge is -2.32. The van der Waals surface area contributed by atoms with Crippen LogP contribution in [0.15, 0.2) is 29.3 Å². The van der Waals surface area contributed by atoms with Gasteiger partial charge in [-0.05, 0) is 44.9 Å². The highest BCUT2D eigenvalue weighted by Crippen LogP contribution is 2.26. The first kappa shape index (κ1) is 16.7. The molecule has 1 aliphatic rings. The van der Waals surface area contributed by atoms with Crippen molar-refractivity contribution in [1.82, 2.24) is 4.98 Å². The van der Waals surface area contributed by atoms with E-state index in [1.807, 2.05) is 19.1 Å². The number of hydrogen-bond acceptors (Lipinski definition) is 5. The molecule has 0 saturated carbocycles. The molecule has 1 aromatic heterocycles. The molecule has 5 N–H and O–H groups in total. The van der Waals surface area contributed by atoms with Gasteiger partial charge >= 0.3 is 0 Å². The van der Waals surface area contributed by atoms with Gasteiger partial charge in [-0.3, -0.25) is 0 Å². The molecule has 128 valence electrons. The summed E-state index contributed by atoms with van der Waals surface area (Å²) in [4.78, 5) is 11.2. The molecule has 0 spiro atoms. The number of hydrogen-bond donors (Lipinski definition) is 3. The number of aliphatic imine (C=N–C) groups is 1. The predicted molar refractivity (Wildman–Crippen MR) is 98.3 cm³/mol. The molecule has 2 heterocycles. The van der Waals surface area contributed by atoms with Gasteiger partial charge in [-0.2, -0.15) is 0 Å². The lowest BCUT2D eigenvalue weighted by Crippen LogP contribution is -2.41. The van der Waals surface area contributed by atoms with Crippen LogP contribution in [0, 0.1) is 6.92 Å². The second-order valence-corrected chi connectivity index (χ2v) is 6.53. The smallest absolute Gasteiger partial charge is 0.144 e. The lowest BCUT2D eigenvalue weighted by molar-refractivity contribution is 0.205. The average molecular weight is 327 g/mol. The SMILES string of the molecule is Cc1ccc2nc(N3CCC(N)CC3)c(C(N)=NC(C)O)cc2c1. The predicted octanol–water partition coefficient (Wildman–Crippen LogP) is 1.51. The van der Waals surface area contributed by atoms with E-state index in [-0.39, 0.29) is 6.04 Å². The fourth-order valence-corrected chi connectivity index (χ4v) is 3.10. The van der Waals surface area contributed by atoms with E-state index in [1.54, 1.807) is 6.92 Å². The van der Waals surface area contributed by atoms with Crippen molar-refractivity contribution in [2.75, 3.05) is 18.0 Å². The number of nitrogens with zero attached hydrogens (tertiary/aromatic N) is 3. The minimum atomic E-state index is -0.846. The molecule has 6 nitrogen and oxygen atoms in total. The van der Waals surface area contributed by atoms with Crippen molar-refractivity contribution >= 4 is 22.6 Å². The number of benzene rings is 1. The molecule has 1 saturated heterocycles. The van der Waals surface area contributed by atoms with Crippen molar-refractivity contribution in [3.05, 3.63) is 35.4 Å². The summed E-state index contributed by atoms with van der Waals surface area (Å²) >= 11 is 0. The molecule has 0 amide bonds. The van der Waals surface area contributed by atoms with Gasteiger partial charge in [0.15, 0.2) is 0 Å². The summed E-state index contributed by atoms with van der Waals surface area (Å²) in [5.74, 6) is 1.13. The van der Waals surface area contributed by atoms with Gasteiger partial charge in [0.25, 0.3) is 0 Å². The number of aliphatic hydroxyl groups is 1. The number of aliphatic hydroxyl groups excluding tert-OH is 1. The highest BCUT2D eigenvalue weighted by Gasteiger charge is 2.22. The fourth-order valence-electron chi connectivity index (χ4n) is 3.10. The van der Waals surface area contributed by atoms with E-state index in [0.29, 0.717) is 5.84 Å². The molecule has 24 heavy (non-hydrogen) atoms. The molecule has 0 radical (unpaired) electrons. The molecular formula is C18H25N5O. The largest absolute Gasteiger partial charge is 0.383 e. The molecule has 1 unspecified atom stereocenters. The minimum absolute atomic E-state index is 0.247. The molecule has 1 fully saturated rings. The van der Waals surface area contributed by atoms with Gasteiger partial charge in [0.1, 0.15) is 17.9 Å². The van der Waals surface area contributed by atoms with Crippen molar-refractivity contribution < 1.29 is 5.11 Å². The molecule has 1 aliphatic heterocycles. The fraction of sp³-hybridized carbons (Fsp3) is 0.444. The molecule has 0 bridgehead atoms. The summed E-state index contributed by atoms with van der Waals surface area (Å²) in [5, 5.41) is 10.6. The summed E-state index contributed by atoms with van der Waals surface area (Å²) in [6.45, 7) is 5.33. The first-order valence-electron chi connectivity index (χ1n) is 8.37. The zero-order valence-corrected chi connectivity index (χ0v) is 14.2. The standard InChI is InChI=1S/C18H25N5O/c1-11-3-4-16-13(9-11)10-15(17(20)21-12(2)24)18(22-16)23-7-5-14(19)6-8-23/h3-4,9-10,12,14,24H,5-8,19H2,1-2H3,(H2,20,21). The van der Waals surface area contributed by atoms with Crippen LogP contribution in [0.2, 0.25) is 0 Å². The van der Waals surface area contributed by atoms with Gasteiger partial charge in [0.05, 0.1) is 11.1 Å². The van der Waals surface area contributed by atoms with Crippen LogP contribution in [0.5, 0.6) is 0 Å². The van der Waals surface area contributed by atoms with E-state index in [4.69, 9.17) is 16.5 Å². The molecule has 0 aliphatic carbocycles. The van der Waals surface area contributed by atoms with Gasteiger partial charge in [-0.15, -0.1) is 0 Å². The topological polar surface area (TPSA) is 101 Å². The maximum absolute atomic E-state index is 9.56. The highest BCUT2D eigenvalue weighted by molar-refractivity contribution is 6.04. The Kier molecular flexibility index (Phi) is 4.69. The Hall–Kier alpha value is -2.18. The number of aryl methyl sites for hydroxylation is 1. The number of fused-ring (bicyclic) bond motifs is 1. The van der Waals surface area contributed by atoms with Gasteiger partial charge in [0.2, 0.25) is 0 Å². The Bertz CT molecular complexity index is 763. The van der Waals surface area contributed by atoms with E-state index in [0.717, 1.165) is 53.8 Å². The Labute approximate surface area is 142 Å². The number of piperidine rings is 1. The number of amidine groups is 1. The molecule has 6 heteroatoms. The maximum atomic E-state index is 9.56. The van der Waals surface area contributed by atoms with Crippen molar-refractivity contribution in [2.45, 2.75) is 39.0 Å². The van der Waals surface area contributed by atoms with E-state index < -0.39 is 6.23 Å². The molecule has 1 atom stereocenters. The van der Waals surface area contributed by atoms with Crippen molar-refractivity contribution in [1.29, 1.82) is 0 Å². The number of nitrogens with two attached hydrogens (primary N) is 2. The Balaban J connectivity index is 2.11. The first-order valence-corrected chi connectivity index (χ1v) is 8.37. The zero-order valence-electron chi connectivity index (χ0n) is 14.2. The van der Waals surface area contributed by atoms with Crippen LogP contribution in [0.3, 0.4) is 0 Å². The van der Waals surface area contributed by atoms with Gasteiger partial charge < -0.3 is 21.5 Å². The maximum Gasteiger partial charge on any atom is 0.144 e. The molecule has 1 aromatic carbocycles. The van der Waals surface area contributed by atoms with Crippen LogP contribution < -0.4 is 16.4 Å². The number of rotatable bonds is 3. The van der Waals surface area contributed by atoms with Crippen molar-refractivity contribution in [3.8, 4) is 0 Å². The second kappa shape index (κ2) is 6.75. The van der Waals surface area contributed by atoms with Crippen LogP contribution in [0.4, 0.5) is 5.82 Å². The molecular weight excluding hydrogens is 302 g/mol. The van der Waals surface area contributed by atoms with Crippen molar-refractivity contribution in [2.24, 2.45) is 16.5 Å². The van der Waals surface area contributed by atoms with Gasteiger partial charge in [-0.25, -0.2) is 9.98 Å². The van der Waals surface area contributed by atoms with Crippen LogP contribution in [-0.2, 0) is 0 Å². The summed E-state index contributed by atoms with van der Waals surface area (Å²) in [6.07, 6.45) is 1.02. The average Bonchev–Trinajstić information content (AvgIpc) is 2.53. The first-order chi connectivity index (χ1) is 11.4. The molecule has 2 aromatic rings. The third kappa shape index (κ3) is 3.49. The van der Waals surface area contributed by atoms with Crippen LogP contribution in [-0.4, -0.2) is 41.3 Å².